The van der Waals surface area contributed by atoms with E-state index in [0.29, 0.717) is 0 Å². The molecule has 4 heavy (non-hydrogen) atoms. The fourth-order valence-corrected chi connectivity index (χ4v) is 0. The molecule has 0 radical (unpaired) electrons. The van der Waals surface area contributed by atoms with Gasteiger partial charge in [0.1, 0.15) is 6.79 Å². The van der Waals surface area contributed by atoms with Crippen molar-refractivity contribution in [2.24, 2.45) is 0 Å². The highest BCUT2D eigenvalue weighted by Gasteiger charge is 1.42. The van der Waals surface area contributed by atoms with E-state index < -0.39 is 0 Å². The van der Waals surface area contributed by atoms with Crippen molar-refractivity contribution in [2.75, 3.05) is 6.79 Å². The molecule has 0 aliphatic heterocycles. The van der Waals surface area contributed by atoms with Gasteiger partial charge < -0.3 is 9.84 Å². The van der Waals surface area contributed by atoms with Crippen LogP contribution in [0.5, 0.6) is 0 Å². The summed E-state index contributed by atoms with van der Waals surface area (Å²) in [6.45, 7) is -0.292. The Balaban J connectivity index is 1.97. The van der Waals surface area contributed by atoms with Gasteiger partial charge in [0.15, 0.2) is 0 Å². The standard InChI is InChI=1S/C2H5O2/c1-4-2-3/h3H,1-2H2/q-1. The molecule has 0 aromatic rings. The van der Waals surface area contributed by atoms with Gasteiger partial charge in [-0.1, -0.05) is 0 Å². The van der Waals surface area contributed by atoms with Crippen molar-refractivity contribution in [1.82, 2.24) is 0 Å². The Hall–Kier alpha value is -0.0800. The number of hydrogen-bond donors (Lipinski definition) is 1. The van der Waals surface area contributed by atoms with Gasteiger partial charge in [-0.15, -0.1) is 0 Å². The summed E-state index contributed by atoms with van der Waals surface area (Å²) in [6.07, 6.45) is 0. The molecule has 0 atom stereocenters. The number of rotatable bonds is 1. The highest BCUT2D eigenvalue weighted by molar-refractivity contribution is 3.89. The smallest absolute Gasteiger partial charge is 0.113 e. The normalized spacial score (nSPS) is 7.50. The van der Waals surface area contributed by atoms with E-state index in [1.165, 1.54) is 0 Å². The zero-order valence-corrected chi connectivity index (χ0v) is 2.27. The van der Waals surface area contributed by atoms with E-state index in [0.717, 1.165) is 0 Å². The van der Waals surface area contributed by atoms with Crippen LogP contribution in [0.3, 0.4) is 0 Å². The van der Waals surface area contributed by atoms with E-state index in [1.54, 1.807) is 0 Å². The molecule has 0 bridgehead atoms. The first-order valence-electron chi connectivity index (χ1n) is 0.894. The summed E-state index contributed by atoms with van der Waals surface area (Å²) in [5, 5.41) is 7.59. The molecule has 0 saturated carbocycles. The topological polar surface area (TPSA) is 29.5 Å². The van der Waals surface area contributed by atoms with Crippen LogP contribution in [0.4, 0.5) is 0 Å². The summed E-state index contributed by atoms with van der Waals surface area (Å²) in [7, 11) is 2.85. The van der Waals surface area contributed by atoms with Crippen LogP contribution in [0, 0.1) is 7.11 Å². The third-order valence-electron chi connectivity index (χ3n) is 0.0913. The SMILES string of the molecule is [CH2-]OCO. The highest BCUT2D eigenvalue weighted by Crippen LogP contribution is 1.51. The van der Waals surface area contributed by atoms with Crippen molar-refractivity contribution < 1.29 is 9.84 Å². The van der Waals surface area contributed by atoms with Gasteiger partial charge in [-0.3, -0.25) is 0 Å². The second-order valence-electron chi connectivity index (χ2n) is 0.333. The lowest BCUT2D eigenvalue weighted by atomic mass is 11.4. The van der Waals surface area contributed by atoms with Crippen LogP contribution in [0.25, 0.3) is 0 Å². The zero-order chi connectivity index (χ0) is 3.41. The molecule has 1 N–H and O–H groups in total. The van der Waals surface area contributed by atoms with E-state index in [2.05, 4.69) is 11.8 Å². The van der Waals surface area contributed by atoms with Gasteiger partial charge in [0.2, 0.25) is 0 Å². The van der Waals surface area contributed by atoms with E-state index in [4.69, 9.17) is 5.11 Å². The molecule has 0 saturated heterocycles. The molecule has 2 nitrogen and oxygen atoms in total. The van der Waals surface area contributed by atoms with Crippen LogP contribution >= 0.6 is 0 Å². The summed E-state index contributed by atoms with van der Waals surface area (Å²) >= 11 is 0. The maximum absolute atomic E-state index is 7.59. The average Bonchev–Trinajstić information content (AvgIpc) is 1.37. The first-order chi connectivity index (χ1) is 1.91. The Morgan fingerprint density at radius 1 is 2.00 bits per heavy atom. The van der Waals surface area contributed by atoms with Gasteiger partial charge >= 0.3 is 0 Å². The Labute approximate surface area is 25.0 Å². The Bertz CT molecular complexity index is 6.00. The molecule has 0 rings (SSSR count). The fourth-order valence-electron chi connectivity index (χ4n) is 0. The molecule has 26 valence electrons. The van der Waals surface area contributed by atoms with Crippen LogP contribution in [0.1, 0.15) is 0 Å². The lowest BCUT2D eigenvalue weighted by molar-refractivity contribution is 0.0560. The van der Waals surface area contributed by atoms with Crippen LogP contribution in [-0.2, 0) is 4.74 Å². The second kappa shape index (κ2) is 2.92. The van der Waals surface area contributed by atoms with Crippen LogP contribution in [-0.4, -0.2) is 11.9 Å². The minimum atomic E-state index is -0.292. The molecular weight excluding hydrogens is 56.0 g/mol. The van der Waals surface area contributed by atoms with Crippen molar-refractivity contribution in [3.63, 3.8) is 0 Å². The third kappa shape index (κ3) is 1.92. The lowest BCUT2D eigenvalue weighted by Gasteiger charge is -1.88. The number of aliphatic hydroxyl groups is 1. The summed E-state index contributed by atoms with van der Waals surface area (Å²) < 4.78 is 3.85. The summed E-state index contributed by atoms with van der Waals surface area (Å²) in [4.78, 5) is 0. The van der Waals surface area contributed by atoms with Gasteiger partial charge in [-0.05, 0) is 0 Å². The van der Waals surface area contributed by atoms with Gasteiger partial charge in [0, 0.05) is 0 Å². The Kier molecular flexibility index (Phi) is 2.86. The summed E-state index contributed by atoms with van der Waals surface area (Å²) in [6, 6.07) is 0. The van der Waals surface area contributed by atoms with E-state index in [1.807, 2.05) is 0 Å². The average molecular weight is 61.1 g/mol. The minimum absolute atomic E-state index is 0.292. The molecule has 0 spiro atoms. The van der Waals surface area contributed by atoms with Crippen molar-refractivity contribution in [1.29, 1.82) is 0 Å². The quantitative estimate of drug-likeness (QED) is 0.334. The molecule has 2 heteroatoms. The van der Waals surface area contributed by atoms with Crippen LogP contribution in [0.2, 0.25) is 0 Å². The van der Waals surface area contributed by atoms with Crippen LogP contribution < -0.4 is 0 Å². The second-order valence-corrected chi connectivity index (χ2v) is 0.333. The first-order valence-corrected chi connectivity index (χ1v) is 0.894. The largest absolute Gasteiger partial charge is 0.535 e. The van der Waals surface area contributed by atoms with Gasteiger partial charge in [-0.25, -0.2) is 7.11 Å². The molecule has 0 unspecified atom stereocenters. The van der Waals surface area contributed by atoms with Crippen molar-refractivity contribution in [3.05, 3.63) is 7.11 Å². The molecular formula is C2H5O2-. The summed E-state index contributed by atoms with van der Waals surface area (Å²) in [5.41, 5.74) is 0. The highest BCUT2D eigenvalue weighted by atomic mass is 16.6. The minimum Gasteiger partial charge on any atom is -0.535 e. The van der Waals surface area contributed by atoms with Crippen molar-refractivity contribution >= 4 is 0 Å². The van der Waals surface area contributed by atoms with E-state index in [9.17, 15) is 0 Å². The maximum Gasteiger partial charge on any atom is 0.113 e. The number of hydrogen-bond acceptors (Lipinski definition) is 2. The van der Waals surface area contributed by atoms with Gasteiger partial charge in [0.25, 0.3) is 0 Å². The van der Waals surface area contributed by atoms with E-state index >= 15 is 0 Å². The molecule has 0 heterocycles. The summed E-state index contributed by atoms with van der Waals surface area (Å²) in [5.74, 6) is 0. The molecule has 0 aromatic carbocycles. The van der Waals surface area contributed by atoms with Crippen molar-refractivity contribution in [2.45, 2.75) is 0 Å². The molecule has 0 amide bonds. The van der Waals surface area contributed by atoms with E-state index in [-0.39, 0.29) is 6.79 Å². The Morgan fingerprint density at radius 2 is 2.25 bits per heavy atom. The Morgan fingerprint density at radius 3 is 2.25 bits per heavy atom. The fraction of sp³-hybridized carbons (Fsp3) is 0.500. The number of ether oxygens (including phenoxy) is 1. The molecule has 0 aliphatic rings. The molecule has 0 fully saturated rings. The van der Waals surface area contributed by atoms with Crippen molar-refractivity contribution in [3.8, 4) is 0 Å². The monoisotopic (exact) mass is 61.0 g/mol. The third-order valence-corrected chi connectivity index (χ3v) is 0.0913. The van der Waals surface area contributed by atoms with Crippen LogP contribution in [0.15, 0.2) is 0 Å². The molecule has 0 aliphatic carbocycles. The molecule has 0 aromatic heterocycles. The predicted molar refractivity (Wildman–Crippen MR) is 13.5 cm³/mol. The maximum atomic E-state index is 7.59. The van der Waals surface area contributed by atoms with Gasteiger partial charge in [-0.2, -0.15) is 0 Å². The lowest BCUT2D eigenvalue weighted by Crippen LogP contribution is -1.76. The van der Waals surface area contributed by atoms with Gasteiger partial charge in [0.05, 0.1) is 0 Å². The first kappa shape index (κ1) is 3.92. The number of aliphatic hydroxyl groups excluding tert-OH is 1. The zero-order valence-electron chi connectivity index (χ0n) is 2.27. The predicted octanol–water partition coefficient (Wildman–Crippen LogP) is -0.256.